The third-order valence-electron chi connectivity index (χ3n) is 3.90. The number of aryl methyl sites for hydroxylation is 1. The lowest BCUT2D eigenvalue weighted by Crippen LogP contribution is -2.26. The van der Waals surface area contributed by atoms with E-state index in [2.05, 4.69) is 37.4 Å². The SMILES string of the molecule is Cc1ccc(/C=N/NC(=O)C(C)Sc2ccccc2)c(C)c1C. The van der Waals surface area contributed by atoms with E-state index >= 15 is 0 Å². The summed E-state index contributed by atoms with van der Waals surface area (Å²) in [5.74, 6) is -0.100. The second-order valence-electron chi connectivity index (χ2n) is 5.53. The van der Waals surface area contributed by atoms with Crippen molar-refractivity contribution in [1.82, 2.24) is 5.43 Å². The molecule has 0 bridgehead atoms. The number of carbonyl (C=O) groups is 1. The summed E-state index contributed by atoms with van der Waals surface area (Å²) < 4.78 is 0. The summed E-state index contributed by atoms with van der Waals surface area (Å²) in [5.41, 5.74) is 7.35. The normalized spacial score (nSPS) is 12.3. The molecule has 0 aliphatic carbocycles. The Morgan fingerprint density at radius 3 is 2.48 bits per heavy atom. The molecule has 1 atom stereocenters. The number of nitrogens with zero attached hydrogens (tertiary/aromatic N) is 1. The predicted octanol–water partition coefficient (Wildman–Crippen LogP) is 4.24. The zero-order valence-corrected chi connectivity index (χ0v) is 14.8. The number of benzene rings is 2. The van der Waals surface area contributed by atoms with Crippen LogP contribution in [-0.2, 0) is 4.79 Å². The highest BCUT2D eigenvalue weighted by Crippen LogP contribution is 2.22. The first-order valence-corrected chi connectivity index (χ1v) is 8.48. The minimum atomic E-state index is -0.199. The molecule has 2 aromatic rings. The second kappa shape index (κ2) is 7.97. The Morgan fingerprint density at radius 2 is 1.78 bits per heavy atom. The topological polar surface area (TPSA) is 41.5 Å². The van der Waals surface area contributed by atoms with Crippen molar-refractivity contribution < 1.29 is 4.79 Å². The van der Waals surface area contributed by atoms with Gasteiger partial charge in [-0.2, -0.15) is 5.10 Å². The van der Waals surface area contributed by atoms with Gasteiger partial charge < -0.3 is 0 Å². The van der Waals surface area contributed by atoms with E-state index < -0.39 is 0 Å². The maximum absolute atomic E-state index is 12.1. The summed E-state index contributed by atoms with van der Waals surface area (Å²) in [6.07, 6.45) is 1.71. The van der Waals surface area contributed by atoms with Gasteiger partial charge in [0, 0.05) is 4.90 Å². The van der Waals surface area contributed by atoms with Crippen molar-refractivity contribution in [3.05, 3.63) is 64.7 Å². The average molecular weight is 326 g/mol. The summed E-state index contributed by atoms with van der Waals surface area (Å²) in [6, 6.07) is 14.0. The molecule has 0 radical (unpaired) electrons. The second-order valence-corrected chi connectivity index (χ2v) is 6.94. The third kappa shape index (κ3) is 4.70. The molecule has 4 heteroatoms. The maximum Gasteiger partial charge on any atom is 0.253 e. The first-order chi connectivity index (χ1) is 11.0. The Kier molecular flexibility index (Phi) is 5.99. The van der Waals surface area contributed by atoms with E-state index in [4.69, 9.17) is 0 Å². The highest BCUT2D eigenvalue weighted by atomic mass is 32.2. The molecule has 3 nitrogen and oxygen atoms in total. The average Bonchev–Trinajstić information content (AvgIpc) is 2.55. The van der Waals surface area contributed by atoms with Crippen molar-refractivity contribution in [2.45, 2.75) is 37.8 Å². The molecular formula is C19H22N2OS. The minimum Gasteiger partial charge on any atom is -0.272 e. The molecule has 23 heavy (non-hydrogen) atoms. The molecule has 0 aliphatic rings. The Balaban J connectivity index is 1.95. The molecule has 0 heterocycles. The Morgan fingerprint density at radius 1 is 1.09 bits per heavy atom. The van der Waals surface area contributed by atoms with E-state index in [0.717, 1.165) is 10.5 Å². The molecule has 0 aromatic heterocycles. The van der Waals surface area contributed by atoms with Crippen LogP contribution in [-0.4, -0.2) is 17.4 Å². The van der Waals surface area contributed by atoms with Crippen LogP contribution >= 0.6 is 11.8 Å². The zero-order valence-electron chi connectivity index (χ0n) is 14.0. The van der Waals surface area contributed by atoms with E-state index in [1.165, 1.54) is 28.5 Å². The van der Waals surface area contributed by atoms with Crippen molar-refractivity contribution in [1.29, 1.82) is 0 Å². The van der Waals surface area contributed by atoms with Gasteiger partial charge in [-0.25, -0.2) is 5.43 Å². The quantitative estimate of drug-likeness (QED) is 0.507. The molecule has 0 spiro atoms. The van der Waals surface area contributed by atoms with E-state index in [9.17, 15) is 4.79 Å². The van der Waals surface area contributed by atoms with Gasteiger partial charge in [0.05, 0.1) is 11.5 Å². The van der Waals surface area contributed by atoms with E-state index in [1.54, 1.807) is 6.21 Å². The summed E-state index contributed by atoms with van der Waals surface area (Å²) in [6.45, 7) is 8.13. The lowest BCUT2D eigenvalue weighted by Gasteiger charge is -2.10. The van der Waals surface area contributed by atoms with Crippen molar-refractivity contribution in [2.24, 2.45) is 5.10 Å². The van der Waals surface area contributed by atoms with Gasteiger partial charge >= 0.3 is 0 Å². The van der Waals surface area contributed by atoms with Crippen LogP contribution in [0.5, 0.6) is 0 Å². The van der Waals surface area contributed by atoms with E-state index in [-0.39, 0.29) is 11.2 Å². The lowest BCUT2D eigenvalue weighted by atomic mass is 10.00. The third-order valence-corrected chi connectivity index (χ3v) is 5.02. The monoisotopic (exact) mass is 326 g/mol. The Labute approximate surface area is 142 Å². The van der Waals surface area contributed by atoms with Gasteiger partial charge in [0.2, 0.25) is 0 Å². The minimum absolute atomic E-state index is 0.100. The standard InChI is InChI=1S/C19H22N2OS/c1-13-10-11-17(15(3)14(13)2)12-20-21-19(22)16(4)23-18-8-6-5-7-9-18/h5-12,16H,1-4H3,(H,21,22)/b20-12+. The highest BCUT2D eigenvalue weighted by molar-refractivity contribution is 8.00. The highest BCUT2D eigenvalue weighted by Gasteiger charge is 2.13. The summed E-state index contributed by atoms with van der Waals surface area (Å²) in [7, 11) is 0. The molecule has 2 rings (SSSR count). The fourth-order valence-corrected chi connectivity index (χ4v) is 3.01. The van der Waals surface area contributed by atoms with Crippen LogP contribution in [0.15, 0.2) is 52.5 Å². The van der Waals surface area contributed by atoms with Gasteiger partial charge in [-0.15, -0.1) is 11.8 Å². The zero-order chi connectivity index (χ0) is 16.8. The number of hydrazone groups is 1. The van der Waals surface area contributed by atoms with Crippen LogP contribution in [0.3, 0.4) is 0 Å². The van der Waals surface area contributed by atoms with E-state index in [1.807, 2.05) is 43.3 Å². The number of hydrogen-bond acceptors (Lipinski definition) is 3. The molecule has 1 amide bonds. The number of carbonyl (C=O) groups excluding carboxylic acids is 1. The van der Waals surface area contributed by atoms with Crippen molar-refractivity contribution in [2.75, 3.05) is 0 Å². The largest absolute Gasteiger partial charge is 0.272 e. The Bertz CT molecular complexity index is 711. The summed E-state index contributed by atoms with van der Waals surface area (Å²) in [4.78, 5) is 13.2. The van der Waals surface area contributed by atoms with Gasteiger partial charge in [-0.3, -0.25) is 4.79 Å². The number of hydrogen-bond donors (Lipinski definition) is 1. The van der Waals surface area contributed by atoms with Gasteiger partial charge in [-0.05, 0) is 62.1 Å². The van der Waals surface area contributed by atoms with Gasteiger partial charge in [0.1, 0.15) is 0 Å². The van der Waals surface area contributed by atoms with Crippen LogP contribution in [0, 0.1) is 20.8 Å². The Hall–Kier alpha value is -2.07. The van der Waals surface area contributed by atoms with Gasteiger partial charge in [0.15, 0.2) is 0 Å². The number of thioether (sulfide) groups is 1. The molecule has 0 saturated carbocycles. The molecule has 0 saturated heterocycles. The molecule has 1 unspecified atom stereocenters. The van der Waals surface area contributed by atoms with Crippen LogP contribution < -0.4 is 5.43 Å². The van der Waals surface area contributed by atoms with Crippen molar-refractivity contribution in [3.8, 4) is 0 Å². The first kappa shape index (κ1) is 17.3. The molecule has 1 N–H and O–H groups in total. The van der Waals surface area contributed by atoms with Crippen LogP contribution in [0.4, 0.5) is 0 Å². The van der Waals surface area contributed by atoms with Crippen LogP contribution in [0.25, 0.3) is 0 Å². The van der Waals surface area contributed by atoms with Crippen molar-refractivity contribution in [3.63, 3.8) is 0 Å². The summed E-state index contributed by atoms with van der Waals surface area (Å²) >= 11 is 1.52. The first-order valence-electron chi connectivity index (χ1n) is 7.60. The molecule has 120 valence electrons. The van der Waals surface area contributed by atoms with E-state index in [0.29, 0.717) is 0 Å². The predicted molar refractivity (Wildman–Crippen MR) is 98.2 cm³/mol. The smallest absolute Gasteiger partial charge is 0.253 e. The van der Waals surface area contributed by atoms with Crippen LogP contribution in [0.1, 0.15) is 29.2 Å². The van der Waals surface area contributed by atoms with Crippen LogP contribution in [0.2, 0.25) is 0 Å². The van der Waals surface area contributed by atoms with Gasteiger partial charge in [0.25, 0.3) is 5.91 Å². The number of amides is 1. The number of nitrogens with one attached hydrogen (secondary N) is 1. The fraction of sp³-hybridized carbons (Fsp3) is 0.263. The molecule has 0 aliphatic heterocycles. The molecular weight excluding hydrogens is 304 g/mol. The van der Waals surface area contributed by atoms with Gasteiger partial charge in [-0.1, -0.05) is 30.3 Å². The number of rotatable bonds is 5. The summed E-state index contributed by atoms with van der Waals surface area (Å²) in [5, 5.41) is 3.90. The fourth-order valence-electron chi connectivity index (χ4n) is 2.13. The van der Waals surface area contributed by atoms with Crippen molar-refractivity contribution >= 4 is 23.9 Å². The molecule has 0 fully saturated rings. The molecule has 2 aromatic carbocycles. The maximum atomic E-state index is 12.1. The lowest BCUT2D eigenvalue weighted by molar-refractivity contribution is -0.120.